The van der Waals surface area contributed by atoms with E-state index in [-0.39, 0.29) is 14.9 Å². The van der Waals surface area contributed by atoms with Gasteiger partial charge in [0.05, 0.1) is 0 Å². The van der Waals surface area contributed by atoms with E-state index in [4.69, 9.17) is 0 Å². The van der Waals surface area contributed by atoms with Crippen molar-refractivity contribution in [3.05, 3.63) is 0 Å². The van der Waals surface area contributed by atoms with Crippen LogP contribution in [-0.2, 0) is 0 Å². The van der Waals surface area contributed by atoms with Crippen molar-refractivity contribution in [3.8, 4) is 0 Å². The van der Waals surface area contributed by atoms with Gasteiger partial charge in [-0.05, 0) is 0 Å². The van der Waals surface area contributed by atoms with Gasteiger partial charge in [0.15, 0.2) is 0 Å². The van der Waals surface area contributed by atoms with Gasteiger partial charge in [-0.2, -0.15) is 0 Å². The molecule has 0 spiro atoms. The van der Waals surface area contributed by atoms with Crippen LogP contribution < -0.4 is 0 Å². The van der Waals surface area contributed by atoms with Gasteiger partial charge in [0.25, 0.3) is 0 Å². The van der Waals surface area contributed by atoms with Crippen LogP contribution in [0.3, 0.4) is 0 Å². The molecule has 0 aromatic rings. The molecule has 0 aliphatic carbocycles. The van der Waals surface area contributed by atoms with Gasteiger partial charge in [0, 0.05) is 0 Å². The van der Waals surface area contributed by atoms with Gasteiger partial charge in [-0.25, -0.2) is 0 Å². The summed E-state index contributed by atoms with van der Waals surface area (Å²) in [7, 11) is 0. The lowest BCUT2D eigenvalue weighted by atomic mass is 11.0. The molecule has 0 aliphatic rings. The first kappa shape index (κ1) is 35.2. The lowest BCUT2D eigenvalue weighted by Gasteiger charge is -1.07. The van der Waals surface area contributed by atoms with E-state index in [1.54, 1.807) is 0 Å². The van der Waals surface area contributed by atoms with Crippen LogP contribution in [0.5, 0.6) is 0 Å². The molecule has 0 rings (SSSR count). The van der Waals surface area contributed by atoms with E-state index in [0.717, 1.165) is 0 Å². The molecule has 0 heterocycles. The lowest BCUT2D eigenvalue weighted by Crippen LogP contribution is -0.856. The summed E-state index contributed by atoms with van der Waals surface area (Å²) in [4.78, 5) is 0. The third-order valence-corrected chi connectivity index (χ3v) is 0. The number of rotatable bonds is 0. The highest BCUT2D eigenvalue weighted by Crippen LogP contribution is 1.87. The third kappa shape index (κ3) is 202. The first-order chi connectivity index (χ1) is 3.00. The van der Waals surface area contributed by atoms with Crippen LogP contribution >= 0.6 is 28.9 Å². The Balaban J connectivity index is -0.00000000500. The molecule has 0 aliphatic heterocycles. The molecule has 0 bridgehead atoms. The Morgan fingerprint density at radius 2 is 0.750 bits per heavy atom. The largest absolute Gasteiger partial charge is 0.0776 e. The fraction of sp³-hybridized carbons (Fsp3) is 1.00. The van der Waals surface area contributed by atoms with Gasteiger partial charge in [-0.1, -0.05) is 71.5 Å². The van der Waals surface area contributed by atoms with E-state index in [1.165, 1.54) is 0 Å². The molecular weight excluding hydrogens is 230 g/mol. The maximum Gasteiger partial charge on any atom is -0.0610 e. The molecule has 0 aromatic carbocycles. The van der Waals surface area contributed by atoms with Gasteiger partial charge in [-0.3, -0.25) is 0 Å². The summed E-state index contributed by atoms with van der Waals surface area (Å²) in [6, 6.07) is 0. The number of halogens is 1. The van der Waals surface area contributed by atoms with Gasteiger partial charge in [0.1, 0.15) is 0 Å². The van der Waals surface area contributed by atoms with Crippen LogP contribution in [0, 0.1) is 0 Å². The quantitative estimate of drug-likeness (QED) is 0.438. The standard InChI is InChI=1S/2C2H6.2CH4.H2IP/c2*1-2;;;1-2/h2*1-2H3;2*1H4;2H2. The Bertz CT molecular complexity index is 8.49. The Morgan fingerprint density at radius 3 is 0.750 bits per heavy atom. The van der Waals surface area contributed by atoms with Crippen LogP contribution in [-0.4, -0.2) is 0 Å². The lowest BCUT2D eigenvalue weighted by molar-refractivity contribution is 1.50. The van der Waals surface area contributed by atoms with E-state index in [2.05, 4.69) is 28.9 Å². The van der Waals surface area contributed by atoms with Crippen LogP contribution in [0.2, 0.25) is 0 Å². The molecule has 58 valence electrons. The molecule has 0 N–H and O–H groups in total. The molecule has 8 heavy (non-hydrogen) atoms. The number of hydrogen-bond acceptors (Lipinski definition) is 0. The monoisotopic (exact) mass is 252 g/mol. The van der Waals surface area contributed by atoms with Crippen LogP contribution in [0.15, 0.2) is 0 Å². The predicted octanol–water partition coefficient (Wildman–Crippen LogP) is 4.54. The fourth-order valence-corrected chi connectivity index (χ4v) is 0. The van der Waals surface area contributed by atoms with E-state index in [9.17, 15) is 0 Å². The molecule has 1 atom stereocenters. The van der Waals surface area contributed by atoms with Crippen molar-refractivity contribution in [1.29, 1.82) is 0 Å². The third-order valence-electron chi connectivity index (χ3n) is 0. The van der Waals surface area contributed by atoms with Gasteiger partial charge >= 0.3 is 0 Å². The van der Waals surface area contributed by atoms with Gasteiger partial charge < -0.3 is 0 Å². The second-order valence-corrected chi connectivity index (χ2v) is 0. The highest BCUT2D eigenvalue weighted by Gasteiger charge is 0.937. The summed E-state index contributed by atoms with van der Waals surface area (Å²) in [5, 5.41) is 0. The molecule has 0 radical (unpaired) electrons. The minimum Gasteiger partial charge on any atom is -0.0776 e. The zero-order valence-electron chi connectivity index (χ0n) is 4.96. The topological polar surface area (TPSA) is 0 Å². The Kier molecular flexibility index (Phi) is 1370. The Hall–Kier alpha value is 1.16. The van der Waals surface area contributed by atoms with Crippen molar-refractivity contribution < 1.29 is 0 Å². The predicted molar refractivity (Wildman–Crippen MR) is 59.9 cm³/mol. The van der Waals surface area contributed by atoms with E-state index >= 15 is 0 Å². The van der Waals surface area contributed by atoms with Crippen molar-refractivity contribution in [2.75, 3.05) is 0 Å². The van der Waals surface area contributed by atoms with Crippen molar-refractivity contribution in [2.24, 2.45) is 0 Å². The highest BCUT2D eigenvalue weighted by molar-refractivity contribution is 14.2. The van der Waals surface area contributed by atoms with Crippen LogP contribution in [0.25, 0.3) is 0 Å². The van der Waals surface area contributed by atoms with Gasteiger partial charge in [0.2, 0.25) is 0 Å². The Morgan fingerprint density at radius 1 is 0.750 bits per heavy atom. The second kappa shape index (κ2) is 311. The van der Waals surface area contributed by atoms with E-state index in [0.29, 0.717) is 0 Å². The van der Waals surface area contributed by atoms with Crippen LogP contribution in [0.4, 0.5) is 0 Å². The number of hydrogen-bond donors (Lipinski definition) is 0. The average molecular weight is 252 g/mol. The SMILES string of the molecule is C.C.CC.CC.PI. The zero-order chi connectivity index (χ0) is 6.00. The molecule has 2 heteroatoms. The molecular formula is C6H22IP. The molecule has 0 saturated carbocycles. The molecule has 0 aromatic heterocycles. The smallest absolute Gasteiger partial charge is 0.0610 e. The molecule has 1 unspecified atom stereocenters. The van der Waals surface area contributed by atoms with Crippen LogP contribution in [0.1, 0.15) is 42.5 Å². The highest BCUT2D eigenvalue weighted by atomic mass is 127. The van der Waals surface area contributed by atoms with Crippen molar-refractivity contribution in [1.82, 2.24) is 0 Å². The summed E-state index contributed by atoms with van der Waals surface area (Å²) in [6.45, 7) is 10.4. The summed E-state index contributed by atoms with van der Waals surface area (Å²) < 4.78 is 0. The normalized spacial score (nSPS) is 2.25. The first-order valence-corrected chi connectivity index (χ1v) is 6.39. The maximum atomic E-state index is 2.39. The molecule has 0 amide bonds. The second-order valence-electron chi connectivity index (χ2n) is 0. The summed E-state index contributed by atoms with van der Waals surface area (Å²) >= 11 is 2.07. The zero-order valence-corrected chi connectivity index (χ0v) is 8.27. The molecule has 0 saturated heterocycles. The average Bonchev–Trinajstić information content (AvgIpc) is 1.81. The maximum absolute atomic E-state index is 2.39. The minimum absolute atomic E-state index is 0. The minimum atomic E-state index is 0. The fourth-order valence-electron chi connectivity index (χ4n) is 0. The summed E-state index contributed by atoms with van der Waals surface area (Å²) in [5.74, 6) is 0. The Labute approximate surface area is 71.5 Å². The molecule has 0 fully saturated rings. The summed E-state index contributed by atoms with van der Waals surface area (Å²) in [6.07, 6.45) is 0. The first-order valence-electron chi connectivity index (χ1n) is 2.22. The molecule has 0 nitrogen and oxygen atoms in total. The van der Waals surface area contributed by atoms with E-state index < -0.39 is 0 Å². The van der Waals surface area contributed by atoms with Crippen molar-refractivity contribution >= 4 is 28.9 Å². The summed E-state index contributed by atoms with van der Waals surface area (Å²) in [5.41, 5.74) is 0. The van der Waals surface area contributed by atoms with Gasteiger partial charge in [-0.15, -0.1) is 0 Å². The van der Waals surface area contributed by atoms with E-state index in [1.807, 2.05) is 27.7 Å². The van der Waals surface area contributed by atoms with Crippen molar-refractivity contribution in [2.45, 2.75) is 42.5 Å². The van der Waals surface area contributed by atoms with Crippen molar-refractivity contribution in [3.63, 3.8) is 0 Å².